The number of nitrogens with one attached hydrogen (secondary N) is 1. The van der Waals surface area contributed by atoms with Gasteiger partial charge >= 0.3 is 0 Å². The Balaban J connectivity index is 2.00. The van der Waals surface area contributed by atoms with Gasteiger partial charge in [-0.05, 0) is 50.2 Å². The van der Waals surface area contributed by atoms with E-state index in [0.717, 1.165) is 12.0 Å². The van der Waals surface area contributed by atoms with Crippen LogP contribution in [0.15, 0.2) is 0 Å². The summed E-state index contributed by atoms with van der Waals surface area (Å²) in [6, 6.07) is 0.726. The van der Waals surface area contributed by atoms with E-state index in [1.165, 1.54) is 50.2 Å². The first-order chi connectivity index (χ1) is 6.83. The molecule has 1 fully saturated rings. The van der Waals surface area contributed by atoms with Crippen LogP contribution < -0.4 is 5.32 Å². The number of thioether (sulfide) groups is 1. The van der Waals surface area contributed by atoms with E-state index in [1.54, 1.807) is 0 Å². The normalized spacial score (nSPS) is 21.0. The minimum absolute atomic E-state index is 0.726. The Morgan fingerprint density at radius 1 is 1.36 bits per heavy atom. The highest BCUT2D eigenvalue weighted by Crippen LogP contribution is 2.22. The van der Waals surface area contributed by atoms with Crippen molar-refractivity contribution in [3.8, 4) is 0 Å². The predicted octanol–water partition coefficient (Wildman–Crippen LogP) is 3.30. The maximum atomic E-state index is 3.68. The zero-order valence-corrected chi connectivity index (χ0v) is 10.5. The molecule has 0 aromatic carbocycles. The average molecular weight is 215 g/mol. The summed E-state index contributed by atoms with van der Waals surface area (Å²) in [5.41, 5.74) is 0. The highest BCUT2D eigenvalue weighted by atomic mass is 32.2. The van der Waals surface area contributed by atoms with E-state index in [4.69, 9.17) is 0 Å². The zero-order valence-electron chi connectivity index (χ0n) is 9.72. The Kier molecular flexibility index (Phi) is 6.70. The fourth-order valence-electron chi connectivity index (χ4n) is 1.93. The molecule has 1 N–H and O–H groups in total. The average Bonchev–Trinajstić information content (AvgIpc) is 2.25. The molecule has 0 aliphatic carbocycles. The van der Waals surface area contributed by atoms with Crippen molar-refractivity contribution in [2.45, 2.75) is 52.0 Å². The van der Waals surface area contributed by atoms with Gasteiger partial charge in [-0.1, -0.05) is 19.8 Å². The minimum Gasteiger partial charge on any atom is -0.314 e. The lowest BCUT2D eigenvalue weighted by Crippen LogP contribution is -2.32. The molecular weight excluding hydrogens is 190 g/mol. The van der Waals surface area contributed by atoms with Crippen molar-refractivity contribution in [2.75, 3.05) is 18.1 Å². The van der Waals surface area contributed by atoms with Gasteiger partial charge in [0.1, 0.15) is 0 Å². The summed E-state index contributed by atoms with van der Waals surface area (Å²) in [6.07, 6.45) is 6.90. The fourth-order valence-corrected chi connectivity index (χ4v) is 3.13. The van der Waals surface area contributed by atoms with E-state index >= 15 is 0 Å². The molecule has 14 heavy (non-hydrogen) atoms. The molecule has 1 saturated heterocycles. The first-order valence-electron chi connectivity index (χ1n) is 6.14. The van der Waals surface area contributed by atoms with Crippen molar-refractivity contribution in [1.82, 2.24) is 5.32 Å². The molecule has 84 valence electrons. The maximum Gasteiger partial charge on any atom is 0.00388 e. The highest BCUT2D eigenvalue weighted by molar-refractivity contribution is 7.99. The molecular formula is C12H25NS. The van der Waals surface area contributed by atoms with E-state index in [-0.39, 0.29) is 0 Å². The van der Waals surface area contributed by atoms with E-state index in [2.05, 4.69) is 30.9 Å². The third-order valence-electron chi connectivity index (χ3n) is 3.09. The molecule has 1 nitrogen and oxygen atoms in total. The van der Waals surface area contributed by atoms with Crippen LogP contribution in [-0.2, 0) is 0 Å². The first kappa shape index (κ1) is 12.4. The Hall–Kier alpha value is 0.310. The Labute approximate surface area is 93.4 Å². The molecule has 0 aromatic heterocycles. The monoisotopic (exact) mass is 215 g/mol. The summed E-state index contributed by atoms with van der Waals surface area (Å²) in [5.74, 6) is 3.73. The second kappa shape index (κ2) is 7.58. The second-order valence-corrected chi connectivity index (χ2v) is 5.73. The van der Waals surface area contributed by atoms with Crippen LogP contribution in [0.5, 0.6) is 0 Å². The molecule has 0 amide bonds. The van der Waals surface area contributed by atoms with E-state index < -0.39 is 0 Å². The van der Waals surface area contributed by atoms with Crippen molar-refractivity contribution in [2.24, 2.45) is 5.92 Å². The topological polar surface area (TPSA) is 12.0 Å². The SMILES string of the molecule is CCCCC(C)NCC1CCSCC1. The van der Waals surface area contributed by atoms with E-state index in [9.17, 15) is 0 Å². The molecule has 1 heterocycles. The third kappa shape index (κ3) is 5.26. The standard InChI is InChI=1S/C12H25NS/c1-3-4-5-11(2)13-10-12-6-8-14-9-7-12/h11-13H,3-10H2,1-2H3. The summed E-state index contributed by atoms with van der Waals surface area (Å²) < 4.78 is 0. The van der Waals surface area contributed by atoms with Gasteiger partial charge < -0.3 is 5.32 Å². The van der Waals surface area contributed by atoms with Crippen LogP contribution in [0.1, 0.15) is 46.0 Å². The van der Waals surface area contributed by atoms with Crippen molar-refractivity contribution < 1.29 is 0 Å². The minimum atomic E-state index is 0.726. The molecule has 1 rings (SSSR count). The quantitative estimate of drug-likeness (QED) is 0.729. The van der Waals surface area contributed by atoms with Crippen LogP contribution in [0.4, 0.5) is 0 Å². The smallest absolute Gasteiger partial charge is 0.00388 e. The summed E-state index contributed by atoms with van der Waals surface area (Å²) in [7, 11) is 0. The predicted molar refractivity (Wildman–Crippen MR) is 67.0 cm³/mol. The molecule has 1 atom stereocenters. The summed E-state index contributed by atoms with van der Waals surface area (Å²) in [5, 5.41) is 3.68. The highest BCUT2D eigenvalue weighted by Gasteiger charge is 2.13. The lowest BCUT2D eigenvalue weighted by molar-refractivity contribution is 0.401. The lowest BCUT2D eigenvalue weighted by Gasteiger charge is -2.23. The van der Waals surface area contributed by atoms with Crippen LogP contribution in [0.25, 0.3) is 0 Å². The fraction of sp³-hybridized carbons (Fsp3) is 1.00. The molecule has 0 radical (unpaired) electrons. The Morgan fingerprint density at radius 3 is 2.71 bits per heavy atom. The maximum absolute atomic E-state index is 3.68. The molecule has 0 saturated carbocycles. The molecule has 0 bridgehead atoms. The van der Waals surface area contributed by atoms with Crippen molar-refractivity contribution in [3.63, 3.8) is 0 Å². The van der Waals surface area contributed by atoms with Gasteiger partial charge in [-0.15, -0.1) is 0 Å². The van der Waals surface area contributed by atoms with Gasteiger partial charge in [0.05, 0.1) is 0 Å². The van der Waals surface area contributed by atoms with Crippen molar-refractivity contribution in [1.29, 1.82) is 0 Å². The number of hydrogen-bond acceptors (Lipinski definition) is 2. The van der Waals surface area contributed by atoms with Crippen LogP contribution in [0, 0.1) is 5.92 Å². The summed E-state index contributed by atoms with van der Waals surface area (Å²) in [6.45, 7) is 5.85. The van der Waals surface area contributed by atoms with Crippen LogP contribution in [0.2, 0.25) is 0 Å². The van der Waals surface area contributed by atoms with Crippen molar-refractivity contribution >= 4 is 11.8 Å². The second-order valence-electron chi connectivity index (χ2n) is 4.51. The van der Waals surface area contributed by atoms with E-state index in [1.807, 2.05) is 0 Å². The molecule has 1 unspecified atom stereocenters. The van der Waals surface area contributed by atoms with Crippen LogP contribution in [-0.4, -0.2) is 24.1 Å². The summed E-state index contributed by atoms with van der Waals surface area (Å²) in [4.78, 5) is 0. The van der Waals surface area contributed by atoms with Gasteiger partial charge in [0.15, 0.2) is 0 Å². The Morgan fingerprint density at radius 2 is 2.07 bits per heavy atom. The molecule has 1 aliphatic rings. The lowest BCUT2D eigenvalue weighted by atomic mass is 10.0. The molecule has 0 spiro atoms. The molecule has 1 aliphatic heterocycles. The van der Waals surface area contributed by atoms with E-state index in [0.29, 0.717) is 0 Å². The number of rotatable bonds is 6. The zero-order chi connectivity index (χ0) is 10.2. The van der Waals surface area contributed by atoms with Gasteiger partial charge in [0.25, 0.3) is 0 Å². The summed E-state index contributed by atoms with van der Waals surface area (Å²) >= 11 is 2.12. The van der Waals surface area contributed by atoms with Crippen LogP contribution >= 0.6 is 11.8 Å². The van der Waals surface area contributed by atoms with Crippen LogP contribution in [0.3, 0.4) is 0 Å². The van der Waals surface area contributed by atoms with Gasteiger partial charge in [-0.25, -0.2) is 0 Å². The largest absolute Gasteiger partial charge is 0.314 e. The molecule has 0 aromatic rings. The van der Waals surface area contributed by atoms with Crippen molar-refractivity contribution in [3.05, 3.63) is 0 Å². The third-order valence-corrected chi connectivity index (χ3v) is 4.14. The van der Waals surface area contributed by atoms with Gasteiger partial charge in [0, 0.05) is 6.04 Å². The number of unbranched alkanes of at least 4 members (excludes halogenated alkanes) is 1. The Bertz CT molecular complexity index is 132. The van der Waals surface area contributed by atoms with Gasteiger partial charge in [-0.2, -0.15) is 11.8 Å². The van der Waals surface area contributed by atoms with Gasteiger partial charge in [0.2, 0.25) is 0 Å². The first-order valence-corrected chi connectivity index (χ1v) is 7.29. The molecule has 2 heteroatoms. The number of hydrogen-bond donors (Lipinski definition) is 1. The van der Waals surface area contributed by atoms with Gasteiger partial charge in [-0.3, -0.25) is 0 Å².